The highest BCUT2D eigenvalue weighted by Gasteiger charge is 2.26. The fourth-order valence-corrected chi connectivity index (χ4v) is 2.61. The molecule has 0 radical (unpaired) electrons. The first-order chi connectivity index (χ1) is 9.47. The Kier molecular flexibility index (Phi) is 4.65. The zero-order valence-electron chi connectivity index (χ0n) is 12.4. The lowest BCUT2D eigenvalue weighted by molar-refractivity contribution is 0.0794. The monoisotopic (exact) mass is 280 g/mol. The molecule has 1 aliphatic heterocycles. The van der Waals surface area contributed by atoms with Crippen LogP contribution in [0.1, 0.15) is 38.3 Å². The van der Waals surface area contributed by atoms with Crippen LogP contribution in [0.4, 0.5) is 4.79 Å². The third-order valence-electron chi connectivity index (χ3n) is 4.07. The summed E-state index contributed by atoms with van der Waals surface area (Å²) >= 11 is 0. The van der Waals surface area contributed by atoms with E-state index < -0.39 is 0 Å². The van der Waals surface area contributed by atoms with Crippen molar-refractivity contribution < 1.29 is 9.90 Å². The first-order valence-electron chi connectivity index (χ1n) is 7.19. The van der Waals surface area contributed by atoms with Crippen LogP contribution in [-0.2, 0) is 7.05 Å². The molecule has 2 amide bonds. The molecule has 2 rings (SSSR count). The normalized spacial score (nSPS) is 19.7. The maximum atomic E-state index is 12.2. The SMILES string of the molecule is CC(NC(=O)N1CCC(C(C)O)CC1)c1cnn(C)c1. The number of hydrogen-bond acceptors (Lipinski definition) is 3. The van der Waals surface area contributed by atoms with E-state index in [2.05, 4.69) is 10.4 Å². The second-order valence-corrected chi connectivity index (χ2v) is 5.68. The van der Waals surface area contributed by atoms with Crippen LogP contribution in [0.15, 0.2) is 12.4 Å². The minimum Gasteiger partial charge on any atom is -0.393 e. The summed E-state index contributed by atoms with van der Waals surface area (Å²) in [7, 11) is 1.86. The number of carbonyl (C=O) groups excluding carboxylic acids is 1. The zero-order valence-corrected chi connectivity index (χ0v) is 12.4. The predicted octanol–water partition coefficient (Wildman–Crippen LogP) is 1.28. The number of aromatic nitrogens is 2. The van der Waals surface area contributed by atoms with Gasteiger partial charge in [0.2, 0.25) is 0 Å². The molecule has 1 aromatic rings. The summed E-state index contributed by atoms with van der Waals surface area (Å²) in [4.78, 5) is 14.0. The van der Waals surface area contributed by atoms with Crippen molar-refractivity contribution in [2.75, 3.05) is 13.1 Å². The first-order valence-corrected chi connectivity index (χ1v) is 7.19. The summed E-state index contributed by atoms with van der Waals surface area (Å²) in [6, 6.07) is -0.0870. The molecule has 1 aliphatic rings. The summed E-state index contributed by atoms with van der Waals surface area (Å²) in [5, 5.41) is 16.7. The smallest absolute Gasteiger partial charge is 0.317 e. The van der Waals surface area contributed by atoms with Crippen molar-refractivity contribution >= 4 is 6.03 Å². The summed E-state index contributed by atoms with van der Waals surface area (Å²) in [5.74, 6) is 0.315. The molecule has 0 bridgehead atoms. The summed E-state index contributed by atoms with van der Waals surface area (Å²) < 4.78 is 1.73. The molecule has 1 saturated heterocycles. The molecule has 0 aromatic carbocycles. The van der Waals surface area contributed by atoms with E-state index >= 15 is 0 Å². The Hall–Kier alpha value is -1.56. The molecular formula is C14H24N4O2. The van der Waals surface area contributed by atoms with Gasteiger partial charge in [-0.3, -0.25) is 4.68 Å². The number of rotatable bonds is 3. The molecule has 6 heteroatoms. The molecule has 2 atom stereocenters. The number of piperidine rings is 1. The number of carbonyl (C=O) groups is 1. The number of nitrogens with zero attached hydrogens (tertiary/aromatic N) is 3. The quantitative estimate of drug-likeness (QED) is 0.876. The van der Waals surface area contributed by atoms with Crippen LogP contribution in [0.5, 0.6) is 0 Å². The molecular weight excluding hydrogens is 256 g/mol. The predicted molar refractivity (Wildman–Crippen MR) is 76.1 cm³/mol. The van der Waals surface area contributed by atoms with Crippen LogP contribution in [-0.4, -0.2) is 45.0 Å². The molecule has 0 saturated carbocycles. The van der Waals surface area contributed by atoms with Crippen LogP contribution >= 0.6 is 0 Å². The van der Waals surface area contributed by atoms with Gasteiger partial charge in [0.25, 0.3) is 0 Å². The lowest BCUT2D eigenvalue weighted by atomic mass is 9.92. The molecule has 6 nitrogen and oxygen atoms in total. The van der Waals surface area contributed by atoms with Gasteiger partial charge in [0.05, 0.1) is 18.3 Å². The van der Waals surface area contributed by atoms with Gasteiger partial charge in [-0.05, 0) is 32.6 Å². The zero-order chi connectivity index (χ0) is 14.7. The largest absolute Gasteiger partial charge is 0.393 e. The van der Waals surface area contributed by atoms with Gasteiger partial charge in [-0.15, -0.1) is 0 Å². The van der Waals surface area contributed by atoms with Crippen molar-refractivity contribution in [3.63, 3.8) is 0 Å². The Labute approximate surface area is 119 Å². The molecule has 2 N–H and O–H groups in total. The third kappa shape index (κ3) is 3.50. The maximum absolute atomic E-state index is 12.2. The standard InChI is InChI=1S/C14H24N4O2/c1-10(13-8-15-17(3)9-13)16-14(20)18-6-4-12(5-7-18)11(2)19/h8-12,19H,4-7H2,1-3H3,(H,16,20). The average molecular weight is 280 g/mol. The summed E-state index contributed by atoms with van der Waals surface area (Å²) in [6.07, 6.45) is 5.13. The Morgan fingerprint density at radius 1 is 1.45 bits per heavy atom. The number of aryl methyl sites for hydroxylation is 1. The van der Waals surface area contributed by atoms with Crippen LogP contribution in [0, 0.1) is 5.92 Å². The first kappa shape index (κ1) is 14.8. The van der Waals surface area contributed by atoms with E-state index in [0.29, 0.717) is 19.0 Å². The van der Waals surface area contributed by atoms with Gasteiger partial charge < -0.3 is 15.3 Å². The maximum Gasteiger partial charge on any atom is 0.317 e. The molecule has 2 unspecified atom stereocenters. The topological polar surface area (TPSA) is 70.4 Å². The van der Waals surface area contributed by atoms with E-state index in [0.717, 1.165) is 18.4 Å². The fourth-order valence-electron chi connectivity index (χ4n) is 2.61. The summed E-state index contributed by atoms with van der Waals surface area (Å²) in [5.41, 5.74) is 1.000. The number of likely N-dealkylation sites (tertiary alicyclic amines) is 1. The number of urea groups is 1. The molecule has 112 valence electrons. The lowest BCUT2D eigenvalue weighted by Gasteiger charge is -2.33. The molecule has 20 heavy (non-hydrogen) atoms. The highest BCUT2D eigenvalue weighted by Crippen LogP contribution is 2.21. The van der Waals surface area contributed by atoms with E-state index in [1.165, 1.54) is 0 Å². The van der Waals surface area contributed by atoms with Crippen molar-refractivity contribution in [2.24, 2.45) is 13.0 Å². The van der Waals surface area contributed by atoms with Crippen molar-refractivity contribution in [2.45, 2.75) is 38.8 Å². The number of aliphatic hydroxyl groups is 1. The van der Waals surface area contributed by atoms with Crippen LogP contribution < -0.4 is 5.32 Å². The van der Waals surface area contributed by atoms with Gasteiger partial charge in [-0.2, -0.15) is 5.10 Å². The van der Waals surface area contributed by atoms with Gasteiger partial charge >= 0.3 is 6.03 Å². The van der Waals surface area contributed by atoms with Crippen molar-refractivity contribution in [1.29, 1.82) is 0 Å². The molecule has 0 aliphatic carbocycles. The number of amides is 2. The number of nitrogens with one attached hydrogen (secondary N) is 1. The second kappa shape index (κ2) is 6.26. The van der Waals surface area contributed by atoms with E-state index in [9.17, 15) is 9.90 Å². The highest BCUT2D eigenvalue weighted by atomic mass is 16.3. The Bertz CT molecular complexity index is 450. The molecule has 1 aromatic heterocycles. The molecule has 2 heterocycles. The number of hydrogen-bond donors (Lipinski definition) is 2. The van der Waals surface area contributed by atoms with Crippen LogP contribution in [0.2, 0.25) is 0 Å². The van der Waals surface area contributed by atoms with Crippen molar-refractivity contribution in [3.05, 3.63) is 18.0 Å². The van der Waals surface area contributed by atoms with Gasteiger partial charge in [0, 0.05) is 31.9 Å². The van der Waals surface area contributed by atoms with Crippen LogP contribution in [0.25, 0.3) is 0 Å². The lowest BCUT2D eigenvalue weighted by Crippen LogP contribution is -2.46. The summed E-state index contributed by atoms with van der Waals surface area (Å²) in [6.45, 7) is 5.20. The third-order valence-corrected chi connectivity index (χ3v) is 4.07. The highest BCUT2D eigenvalue weighted by molar-refractivity contribution is 5.74. The fraction of sp³-hybridized carbons (Fsp3) is 0.714. The minimum atomic E-state index is -0.283. The van der Waals surface area contributed by atoms with Gasteiger partial charge in [-0.25, -0.2) is 4.79 Å². The van der Waals surface area contributed by atoms with E-state index in [1.54, 1.807) is 10.9 Å². The average Bonchev–Trinajstić information content (AvgIpc) is 2.85. The Morgan fingerprint density at radius 2 is 2.10 bits per heavy atom. The van der Waals surface area contributed by atoms with Gasteiger partial charge in [0.1, 0.15) is 0 Å². The van der Waals surface area contributed by atoms with Crippen molar-refractivity contribution in [3.8, 4) is 0 Å². The van der Waals surface area contributed by atoms with E-state index in [4.69, 9.17) is 0 Å². The Balaban J connectivity index is 1.84. The van der Waals surface area contributed by atoms with E-state index in [-0.39, 0.29) is 18.2 Å². The number of aliphatic hydroxyl groups excluding tert-OH is 1. The van der Waals surface area contributed by atoms with Crippen LogP contribution in [0.3, 0.4) is 0 Å². The van der Waals surface area contributed by atoms with E-state index in [1.807, 2.05) is 32.0 Å². The Morgan fingerprint density at radius 3 is 2.60 bits per heavy atom. The van der Waals surface area contributed by atoms with Gasteiger partial charge in [0.15, 0.2) is 0 Å². The van der Waals surface area contributed by atoms with Gasteiger partial charge in [-0.1, -0.05) is 0 Å². The molecule has 0 spiro atoms. The molecule has 1 fully saturated rings. The van der Waals surface area contributed by atoms with Crippen molar-refractivity contribution in [1.82, 2.24) is 20.0 Å². The minimum absolute atomic E-state index is 0.0367. The second-order valence-electron chi connectivity index (χ2n) is 5.68.